The summed E-state index contributed by atoms with van der Waals surface area (Å²) in [6.45, 7) is 3.30. The van der Waals surface area contributed by atoms with Crippen molar-refractivity contribution in [3.8, 4) is 0 Å². The molecular weight excluding hydrogens is 308 g/mol. The van der Waals surface area contributed by atoms with E-state index in [-0.39, 0.29) is 10.9 Å². The normalized spacial score (nSPS) is 20.6. The van der Waals surface area contributed by atoms with E-state index in [1.807, 2.05) is 14.0 Å². The molecule has 1 fully saturated rings. The molecule has 1 unspecified atom stereocenters. The van der Waals surface area contributed by atoms with Crippen LogP contribution >= 0.6 is 11.6 Å². The van der Waals surface area contributed by atoms with Crippen molar-refractivity contribution < 1.29 is 8.42 Å². The Labute approximate surface area is 132 Å². The molecule has 1 aromatic carbocycles. The highest BCUT2D eigenvalue weighted by Crippen LogP contribution is 2.31. The molecule has 0 spiro atoms. The van der Waals surface area contributed by atoms with Gasteiger partial charge in [0.25, 0.3) is 0 Å². The minimum absolute atomic E-state index is 0.0635. The van der Waals surface area contributed by atoms with Crippen molar-refractivity contribution in [3.63, 3.8) is 0 Å². The Kier molecular flexibility index (Phi) is 5.66. The molecule has 0 aliphatic carbocycles. The first-order valence-electron chi connectivity index (χ1n) is 7.39. The number of benzene rings is 1. The van der Waals surface area contributed by atoms with Crippen LogP contribution in [0.1, 0.15) is 31.2 Å². The maximum Gasteiger partial charge on any atom is 0.244 e. The molecule has 6 heteroatoms. The second-order valence-electron chi connectivity index (χ2n) is 5.59. The summed E-state index contributed by atoms with van der Waals surface area (Å²) in [6, 6.07) is 5.19. The van der Waals surface area contributed by atoms with Crippen molar-refractivity contribution in [1.82, 2.24) is 9.62 Å². The van der Waals surface area contributed by atoms with Gasteiger partial charge in [0, 0.05) is 12.6 Å². The van der Waals surface area contributed by atoms with E-state index >= 15 is 0 Å². The minimum atomic E-state index is -3.52. The van der Waals surface area contributed by atoms with Gasteiger partial charge in [0.05, 0.1) is 5.02 Å². The summed E-state index contributed by atoms with van der Waals surface area (Å²) in [7, 11) is -1.63. The molecule has 1 N–H and O–H groups in total. The Hall–Kier alpha value is -0.620. The van der Waals surface area contributed by atoms with E-state index in [2.05, 4.69) is 5.32 Å². The summed E-state index contributed by atoms with van der Waals surface area (Å²) in [6.07, 6.45) is 3.75. The van der Waals surface area contributed by atoms with Gasteiger partial charge in [-0.2, -0.15) is 4.31 Å². The first kappa shape index (κ1) is 16.7. The van der Waals surface area contributed by atoms with Crippen LogP contribution in [0.15, 0.2) is 23.1 Å². The SMILES string of the molecule is CNCCC1CCCCN1S(=O)(=O)c1ccc(C)cc1Cl. The average molecular weight is 331 g/mol. The molecule has 1 atom stereocenters. The lowest BCUT2D eigenvalue weighted by Crippen LogP contribution is -2.44. The molecule has 21 heavy (non-hydrogen) atoms. The molecule has 4 nitrogen and oxygen atoms in total. The van der Waals surface area contributed by atoms with Crippen molar-refractivity contribution in [3.05, 3.63) is 28.8 Å². The minimum Gasteiger partial charge on any atom is -0.320 e. The standard InChI is InChI=1S/C15H23ClN2O2S/c1-12-6-7-15(14(16)11-12)21(19,20)18-10-4-3-5-13(18)8-9-17-2/h6-7,11,13,17H,3-5,8-10H2,1-2H3. The highest BCUT2D eigenvalue weighted by molar-refractivity contribution is 7.89. The maximum atomic E-state index is 12.9. The zero-order valence-corrected chi connectivity index (χ0v) is 14.2. The van der Waals surface area contributed by atoms with Crippen LogP contribution in [0, 0.1) is 6.92 Å². The van der Waals surface area contributed by atoms with Gasteiger partial charge in [-0.15, -0.1) is 0 Å². The molecule has 1 heterocycles. The zero-order chi connectivity index (χ0) is 15.5. The number of hydrogen-bond donors (Lipinski definition) is 1. The van der Waals surface area contributed by atoms with Gasteiger partial charge in [-0.25, -0.2) is 8.42 Å². The molecule has 1 aromatic rings. The van der Waals surface area contributed by atoms with E-state index < -0.39 is 10.0 Å². The van der Waals surface area contributed by atoms with Gasteiger partial charge < -0.3 is 5.32 Å². The Morgan fingerprint density at radius 3 is 2.81 bits per heavy atom. The van der Waals surface area contributed by atoms with E-state index in [9.17, 15) is 8.42 Å². The Balaban J connectivity index is 2.31. The predicted octanol–water partition coefficient (Wildman–Crippen LogP) is 2.80. The van der Waals surface area contributed by atoms with Gasteiger partial charge in [0.2, 0.25) is 10.0 Å². The fourth-order valence-corrected chi connectivity index (χ4v) is 5.13. The van der Waals surface area contributed by atoms with Crippen molar-refractivity contribution >= 4 is 21.6 Å². The van der Waals surface area contributed by atoms with Crippen molar-refractivity contribution in [2.24, 2.45) is 0 Å². The highest BCUT2D eigenvalue weighted by Gasteiger charge is 2.34. The molecule has 0 bridgehead atoms. The summed E-state index contributed by atoms with van der Waals surface area (Å²) in [4.78, 5) is 0.228. The molecule has 1 saturated heterocycles. The predicted molar refractivity (Wildman–Crippen MR) is 86.3 cm³/mol. The quantitative estimate of drug-likeness (QED) is 0.903. The number of halogens is 1. The third kappa shape index (κ3) is 3.77. The van der Waals surface area contributed by atoms with Crippen LogP contribution in [0.2, 0.25) is 5.02 Å². The van der Waals surface area contributed by atoms with Crippen LogP contribution in [0.5, 0.6) is 0 Å². The topological polar surface area (TPSA) is 49.4 Å². The van der Waals surface area contributed by atoms with Gasteiger partial charge in [0.1, 0.15) is 4.90 Å². The lowest BCUT2D eigenvalue weighted by Gasteiger charge is -2.35. The van der Waals surface area contributed by atoms with Crippen LogP contribution in [-0.2, 0) is 10.0 Å². The van der Waals surface area contributed by atoms with Crippen LogP contribution < -0.4 is 5.32 Å². The Bertz CT molecular complexity index is 589. The molecule has 0 amide bonds. The fourth-order valence-electron chi connectivity index (χ4n) is 2.83. The molecule has 0 saturated carbocycles. The number of nitrogens with zero attached hydrogens (tertiary/aromatic N) is 1. The van der Waals surface area contributed by atoms with Gasteiger partial charge in [-0.1, -0.05) is 24.1 Å². The largest absolute Gasteiger partial charge is 0.320 e. The molecule has 2 rings (SSSR count). The molecular formula is C15H23ClN2O2S. The third-order valence-corrected chi connectivity index (χ3v) is 6.41. The molecule has 0 radical (unpaired) electrons. The highest BCUT2D eigenvalue weighted by atomic mass is 35.5. The summed E-state index contributed by atoms with van der Waals surface area (Å²) in [5.74, 6) is 0. The van der Waals surface area contributed by atoms with E-state index in [0.717, 1.165) is 37.8 Å². The number of nitrogens with one attached hydrogen (secondary N) is 1. The summed E-state index contributed by atoms with van der Waals surface area (Å²) in [5, 5.41) is 3.41. The molecule has 1 aliphatic heterocycles. The van der Waals surface area contributed by atoms with Gasteiger partial charge in [0.15, 0.2) is 0 Å². The summed E-state index contributed by atoms with van der Waals surface area (Å²) < 4.78 is 27.5. The van der Waals surface area contributed by atoms with Crippen molar-refractivity contribution in [2.45, 2.75) is 43.5 Å². The lowest BCUT2D eigenvalue weighted by molar-refractivity contribution is 0.240. The molecule has 1 aliphatic rings. The second-order valence-corrected chi connectivity index (χ2v) is 7.86. The zero-order valence-electron chi connectivity index (χ0n) is 12.6. The van der Waals surface area contributed by atoms with Crippen LogP contribution in [0.4, 0.5) is 0 Å². The lowest BCUT2D eigenvalue weighted by atomic mass is 10.0. The first-order chi connectivity index (χ1) is 9.96. The number of hydrogen-bond acceptors (Lipinski definition) is 3. The summed E-state index contributed by atoms with van der Waals surface area (Å²) >= 11 is 6.17. The van der Waals surface area contributed by atoms with Gasteiger partial charge in [-0.05, 0) is 57.5 Å². The molecule has 0 aromatic heterocycles. The second kappa shape index (κ2) is 7.09. The van der Waals surface area contributed by atoms with Crippen LogP contribution in [0.3, 0.4) is 0 Å². The number of rotatable bonds is 5. The van der Waals surface area contributed by atoms with Gasteiger partial charge in [-0.3, -0.25) is 0 Å². The van der Waals surface area contributed by atoms with Crippen LogP contribution in [0.25, 0.3) is 0 Å². The van der Waals surface area contributed by atoms with E-state index in [4.69, 9.17) is 11.6 Å². The first-order valence-corrected chi connectivity index (χ1v) is 9.21. The summed E-state index contributed by atoms with van der Waals surface area (Å²) in [5.41, 5.74) is 0.962. The Morgan fingerprint density at radius 2 is 2.14 bits per heavy atom. The van der Waals surface area contributed by atoms with E-state index in [0.29, 0.717) is 11.6 Å². The van der Waals surface area contributed by atoms with Gasteiger partial charge >= 0.3 is 0 Å². The van der Waals surface area contributed by atoms with E-state index in [1.54, 1.807) is 22.5 Å². The monoisotopic (exact) mass is 330 g/mol. The van der Waals surface area contributed by atoms with Crippen molar-refractivity contribution in [2.75, 3.05) is 20.1 Å². The smallest absolute Gasteiger partial charge is 0.244 e. The fraction of sp³-hybridized carbons (Fsp3) is 0.600. The van der Waals surface area contributed by atoms with Crippen LogP contribution in [-0.4, -0.2) is 38.9 Å². The number of piperidine rings is 1. The van der Waals surface area contributed by atoms with Crippen molar-refractivity contribution in [1.29, 1.82) is 0 Å². The number of aryl methyl sites for hydroxylation is 1. The number of sulfonamides is 1. The average Bonchev–Trinajstić information content (AvgIpc) is 2.45. The Morgan fingerprint density at radius 1 is 1.38 bits per heavy atom. The van der Waals surface area contributed by atoms with E-state index in [1.165, 1.54) is 0 Å². The third-order valence-electron chi connectivity index (χ3n) is 3.97. The molecule has 118 valence electrons. The maximum absolute atomic E-state index is 12.9.